The Labute approximate surface area is 170 Å². The van der Waals surface area contributed by atoms with E-state index in [4.69, 9.17) is 9.84 Å². The molecule has 2 aromatic carbocycles. The van der Waals surface area contributed by atoms with Crippen LogP contribution in [0.25, 0.3) is 0 Å². The molecule has 1 atom stereocenters. The van der Waals surface area contributed by atoms with Crippen LogP contribution in [-0.2, 0) is 26.2 Å². The van der Waals surface area contributed by atoms with E-state index in [-0.39, 0.29) is 17.1 Å². The van der Waals surface area contributed by atoms with Crippen molar-refractivity contribution in [2.75, 3.05) is 19.4 Å². The van der Waals surface area contributed by atoms with Crippen LogP contribution in [0.3, 0.4) is 0 Å². The van der Waals surface area contributed by atoms with Crippen LogP contribution in [0.5, 0.6) is 0 Å². The number of aryl methyl sites for hydroxylation is 1. The Morgan fingerprint density at radius 3 is 2.31 bits per heavy atom. The number of aliphatic hydroxyl groups excluding tert-OH is 1. The standard InChI is InChI=1S/C20H24N2O6S/c1-13-5-10-17(29(26,27)22(3)4)11-18(13)21-19(24)14(2)28-20(25)16-8-6-15(12-23)7-9-16/h5-11,14,23H,12H2,1-4H3,(H,21,24). The van der Waals surface area contributed by atoms with Gasteiger partial charge in [0.25, 0.3) is 5.91 Å². The lowest BCUT2D eigenvalue weighted by atomic mass is 10.1. The molecule has 0 bridgehead atoms. The number of esters is 1. The van der Waals surface area contributed by atoms with Gasteiger partial charge in [0.05, 0.1) is 17.1 Å². The van der Waals surface area contributed by atoms with Crippen LogP contribution in [0.2, 0.25) is 0 Å². The van der Waals surface area contributed by atoms with Gasteiger partial charge in [0, 0.05) is 19.8 Å². The second-order valence-corrected chi connectivity index (χ2v) is 8.81. The van der Waals surface area contributed by atoms with Crippen LogP contribution >= 0.6 is 0 Å². The minimum absolute atomic E-state index is 0.0389. The van der Waals surface area contributed by atoms with Crippen molar-refractivity contribution in [2.24, 2.45) is 0 Å². The smallest absolute Gasteiger partial charge is 0.338 e. The van der Waals surface area contributed by atoms with Crippen molar-refractivity contribution in [1.82, 2.24) is 4.31 Å². The Kier molecular flexibility index (Phi) is 7.12. The van der Waals surface area contributed by atoms with Crippen molar-refractivity contribution >= 4 is 27.6 Å². The molecule has 0 saturated heterocycles. The molecule has 0 radical (unpaired) electrons. The molecule has 0 aliphatic rings. The second kappa shape index (κ2) is 9.17. The Hall–Kier alpha value is -2.75. The molecule has 8 nitrogen and oxygen atoms in total. The first-order chi connectivity index (χ1) is 13.6. The number of nitrogens with zero attached hydrogens (tertiary/aromatic N) is 1. The number of carbonyl (C=O) groups excluding carboxylic acids is 2. The molecule has 2 N–H and O–H groups in total. The van der Waals surface area contributed by atoms with Crippen molar-refractivity contribution < 1.29 is 27.9 Å². The molecule has 29 heavy (non-hydrogen) atoms. The van der Waals surface area contributed by atoms with Gasteiger partial charge in [0.15, 0.2) is 6.10 Å². The van der Waals surface area contributed by atoms with E-state index in [1.807, 2.05) is 0 Å². The van der Waals surface area contributed by atoms with Gasteiger partial charge in [-0.15, -0.1) is 0 Å². The zero-order chi connectivity index (χ0) is 21.8. The van der Waals surface area contributed by atoms with Crippen LogP contribution in [-0.4, -0.2) is 49.9 Å². The molecule has 0 saturated carbocycles. The van der Waals surface area contributed by atoms with Crippen molar-refractivity contribution in [3.63, 3.8) is 0 Å². The number of ether oxygens (including phenoxy) is 1. The Bertz CT molecular complexity index is 1000. The highest BCUT2D eigenvalue weighted by Crippen LogP contribution is 2.22. The van der Waals surface area contributed by atoms with Crippen LogP contribution in [0, 0.1) is 6.92 Å². The molecule has 0 aliphatic heterocycles. The number of carbonyl (C=O) groups is 2. The molecule has 0 heterocycles. The van der Waals surface area contributed by atoms with E-state index < -0.39 is 28.0 Å². The number of sulfonamides is 1. The molecule has 0 fully saturated rings. The van der Waals surface area contributed by atoms with Crippen molar-refractivity contribution in [3.05, 3.63) is 59.2 Å². The fourth-order valence-electron chi connectivity index (χ4n) is 2.37. The zero-order valence-electron chi connectivity index (χ0n) is 16.7. The third kappa shape index (κ3) is 5.41. The van der Waals surface area contributed by atoms with Gasteiger partial charge < -0.3 is 15.2 Å². The van der Waals surface area contributed by atoms with E-state index in [2.05, 4.69) is 5.32 Å². The first-order valence-electron chi connectivity index (χ1n) is 8.81. The van der Waals surface area contributed by atoms with Gasteiger partial charge in [-0.1, -0.05) is 18.2 Å². The predicted molar refractivity (Wildman–Crippen MR) is 108 cm³/mol. The minimum Gasteiger partial charge on any atom is -0.449 e. The quantitative estimate of drug-likeness (QED) is 0.662. The number of nitrogens with one attached hydrogen (secondary N) is 1. The maximum atomic E-state index is 12.4. The highest BCUT2D eigenvalue weighted by molar-refractivity contribution is 7.89. The average Bonchev–Trinajstić information content (AvgIpc) is 2.69. The topological polar surface area (TPSA) is 113 Å². The summed E-state index contributed by atoms with van der Waals surface area (Å²) in [6.07, 6.45) is -1.10. The molecule has 0 aromatic heterocycles. The van der Waals surface area contributed by atoms with Crippen molar-refractivity contribution in [2.45, 2.75) is 31.5 Å². The van der Waals surface area contributed by atoms with E-state index in [0.717, 1.165) is 4.31 Å². The Morgan fingerprint density at radius 2 is 1.76 bits per heavy atom. The van der Waals surface area contributed by atoms with Gasteiger partial charge in [-0.3, -0.25) is 4.79 Å². The van der Waals surface area contributed by atoms with Crippen molar-refractivity contribution in [1.29, 1.82) is 0 Å². The lowest BCUT2D eigenvalue weighted by molar-refractivity contribution is -0.123. The Balaban J connectivity index is 2.11. The van der Waals surface area contributed by atoms with E-state index in [1.54, 1.807) is 25.1 Å². The summed E-state index contributed by atoms with van der Waals surface area (Å²) in [7, 11) is -0.817. The van der Waals surface area contributed by atoms with E-state index in [1.165, 1.54) is 45.3 Å². The molecule has 0 spiro atoms. The second-order valence-electron chi connectivity index (χ2n) is 6.66. The van der Waals surface area contributed by atoms with Gasteiger partial charge in [0.1, 0.15) is 0 Å². The highest BCUT2D eigenvalue weighted by atomic mass is 32.2. The molecular formula is C20H24N2O6S. The van der Waals surface area contributed by atoms with Gasteiger partial charge in [-0.05, 0) is 49.2 Å². The van der Waals surface area contributed by atoms with Gasteiger partial charge in [-0.2, -0.15) is 0 Å². The number of rotatable bonds is 7. The first kappa shape index (κ1) is 22.5. The fourth-order valence-corrected chi connectivity index (χ4v) is 3.30. The number of amides is 1. The zero-order valence-corrected chi connectivity index (χ0v) is 17.5. The molecule has 1 amide bonds. The summed E-state index contributed by atoms with van der Waals surface area (Å²) in [5, 5.41) is 11.6. The molecule has 1 unspecified atom stereocenters. The van der Waals surface area contributed by atoms with Crippen LogP contribution in [0.15, 0.2) is 47.4 Å². The highest BCUT2D eigenvalue weighted by Gasteiger charge is 2.22. The summed E-state index contributed by atoms with van der Waals surface area (Å²) < 4.78 is 30.8. The maximum absolute atomic E-state index is 12.4. The molecule has 2 rings (SSSR count). The van der Waals surface area contributed by atoms with Crippen LogP contribution in [0.1, 0.15) is 28.4 Å². The maximum Gasteiger partial charge on any atom is 0.338 e. The number of aliphatic hydroxyl groups is 1. The third-order valence-electron chi connectivity index (χ3n) is 4.27. The van der Waals surface area contributed by atoms with E-state index in [9.17, 15) is 18.0 Å². The lowest BCUT2D eigenvalue weighted by Gasteiger charge is -2.17. The summed E-state index contributed by atoms with van der Waals surface area (Å²) in [4.78, 5) is 24.7. The summed E-state index contributed by atoms with van der Waals surface area (Å²) in [6, 6.07) is 10.6. The molecule has 0 aliphatic carbocycles. The predicted octanol–water partition coefficient (Wildman–Crippen LogP) is 1.92. The molecule has 2 aromatic rings. The number of anilines is 1. The molecule has 9 heteroatoms. The number of benzene rings is 2. The van der Waals surface area contributed by atoms with Gasteiger partial charge in [-0.25, -0.2) is 17.5 Å². The average molecular weight is 420 g/mol. The fraction of sp³-hybridized carbons (Fsp3) is 0.300. The Morgan fingerprint density at radius 1 is 1.14 bits per heavy atom. The summed E-state index contributed by atoms with van der Waals surface area (Å²) >= 11 is 0. The molecule has 156 valence electrons. The largest absolute Gasteiger partial charge is 0.449 e. The first-order valence-corrected chi connectivity index (χ1v) is 10.2. The lowest BCUT2D eigenvalue weighted by Crippen LogP contribution is -2.30. The summed E-state index contributed by atoms with van der Waals surface area (Å²) in [5.74, 6) is -1.27. The van der Waals surface area contributed by atoms with Gasteiger partial charge in [0.2, 0.25) is 10.0 Å². The monoisotopic (exact) mass is 420 g/mol. The normalized spacial score (nSPS) is 12.5. The summed E-state index contributed by atoms with van der Waals surface area (Å²) in [6.45, 7) is 3.00. The number of hydrogen-bond acceptors (Lipinski definition) is 6. The van der Waals surface area contributed by atoms with Crippen LogP contribution in [0.4, 0.5) is 5.69 Å². The minimum atomic E-state index is -3.65. The van der Waals surface area contributed by atoms with Crippen LogP contribution < -0.4 is 5.32 Å². The SMILES string of the molecule is Cc1ccc(S(=O)(=O)N(C)C)cc1NC(=O)C(C)OC(=O)c1ccc(CO)cc1. The van der Waals surface area contributed by atoms with Gasteiger partial charge >= 0.3 is 5.97 Å². The number of hydrogen-bond donors (Lipinski definition) is 2. The summed E-state index contributed by atoms with van der Waals surface area (Å²) in [5.41, 5.74) is 1.87. The third-order valence-corrected chi connectivity index (χ3v) is 6.08. The van der Waals surface area contributed by atoms with E-state index in [0.29, 0.717) is 16.8 Å². The van der Waals surface area contributed by atoms with E-state index >= 15 is 0 Å². The molecular weight excluding hydrogens is 396 g/mol. The van der Waals surface area contributed by atoms with Crippen molar-refractivity contribution in [3.8, 4) is 0 Å².